The van der Waals surface area contributed by atoms with E-state index in [0.29, 0.717) is 16.6 Å². The Kier molecular flexibility index (Phi) is 2.12. The molecule has 0 unspecified atom stereocenters. The maximum atomic E-state index is 6.07. The van der Waals surface area contributed by atoms with Crippen molar-refractivity contribution < 1.29 is 0 Å². The first kappa shape index (κ1) is 10.2. The monoisotopic (exact) mass is 248 g/mol. The SMILES string of the molecule is Cc1c(Cl)nn2c(-c3ccn[nH]3)nnc2c1C. The van der Waals surface area contributed by atoms with Crippen LogP contribution < -0.4 is 0 Å². The van der Waals surface area contributed by atoms with Gasteiger partial charge in [0.15, 0.2) is 10.8 Å². The zero-order valence-electron chi connectivity index (χ0n) is 9.27. The van der Waals surface area contributed by atoms with E-state index in [0.717, 1.165) is 16.8 Å². The molecule has 0 radical (unpaired) electrons. The molecule has 0 aromatic carbocycles. The van der Waals surface area contributed by atoms with Gasteiger partial charge in [-0.25, -0.2) is 0 Å². The minimum atomic E-state index is 0.454. The van der Waals surface area contributed by atoms with Crippen LogP contribution in [0.15, 0.2) is 12.3 Å². The number of fused-ring (bicyclic) bond motifs is 1. The highest BCUT2D eigenvalue weighted by Gasteiger charge is 2.15. The van der Waals surface area contributed by atoms with Crippen LogP contribution in [0.4, 0.5) is 0 Å². The van der Waals surface area contributed by atoms with E-state index >= 15 is 0 Å². The molecule has 0 aliphatic heterocycles. The van der Waals surface area contributed by atoms with Gasteiger partial charge in [0.1, 0.15) is 5.69 Å². The third-order valence-corrected chi connectivity index (χ3v) is 3.14. The Morgan fingerprint density at radius 2 is 2.06 bits per heavy atom. The molecule has 0 fully saturated rings. The Balaban J connectivity index is 2.37. The third-order valence-electron chi connectivity index (χ3n) is 2.78. The van der Waals surface area contributed by atoms with Crippen molar-refractivity contribution in [3.63, 3.8) is 0 Å². The topological polar surface area (TPSA) is 71.8 Å². The predicted molar refractivity (Wildman–Crippen MR) is 62.8 cm³/mol. The lowest BCUT2D eigenvalue weighted by Crippen LogP contribution is -2.00. The molecule has 17 heavy (non-hydrogen) atoms. The molecule has 3 rings (SSSR count). The van der Waals surface area contributed by atoms with E-state index in [9.17, 15) is 0 Å². The standard InChI is InChI=1S/C10H9ClN6/c1-5-6(2)9-14-15-10(7-3-4-12-13-7)17(9)16-8(5)11/h3-4H,1-2H3,(H,12,13). The lowest BCUT2D eigenvalue weighted by atomic mass is 10.2. The van der Waals surface area contributed by atoms with Crippen molar-refractivity contribution in [2.75, 3.05) is 0 Å². The molecule has 0 atom stereocenters. The molecule has 6 nitrogen and oxygen atoms in total. The van der Waals surface area contributed by atoms with E-state index in [1.165, 1.54) is 0 Å². The minimum Gasteiger partial charge on any atom is -0.275 e. The van der Waals surface area contributed by atoms with E-state index < -0.39 is 0 Å². The molecule has 86 valence electrons. The number of H-pyrrole nitrogens is 1. The number of hydrogen-bond donors (Lipinski definition) is 1. The normalized spacial score (nSPS) is 11.2. The lowest BCUT2D eigenvalue weighted by molar-refractivity contribution is 0.911. The summed E-state index contributed by atoms with van der Waals surface area (Å²) in [6.45, 7) is 3.86. The Morgan fingerprint density at radius 3 is 2.76 bits per heavy atom. The summed E-state index contributed by atoms with van der Waals surface area (Å²) >= 11 is 6.07. The number of aromatic amines is 1. The number of nitrogens with zero attached hydrogens (tertiary/aromatic N) is 5. The van der Waals surface area contributed by atoms with Crippen molar-refractivity contribution in [3.8, 4) is 11.5 Å². The summed E-state index contributed by atoms with van der Waals surface area (Å²) in [6, 6.07) is 1.81. The van der Waals surface area contributed by atoms with Gasteiger partial charge in [0.05, 0.1) is 0 Å². The molecule has 3 aromatic heterocycles. The molecule has 0 spiro atoms. The largest absolute Gasteiger partial charge is 0.275 e. The van der Waals surface area contributed by atoms with Crippen LogP contribution in [-0.4, -0.2) is 30.0 Å². The summed E-state index contributed by atoms with van der Waals surface area (Å²) in [5.74, 6) is 0.600. The van der Waals surface area contributed by atoms with Gasteiger partial charge < -0.3 is 0 Å². The first-order valence-corrected chi connectivity index (χ1v) is 5.44. The molecule has 0 aliphatic carbocycles. The second-order valence-electron chi connectivity index (χ2n) is 3.77. The van der Waals surface area contributed by atoms with Gasteiger partial charge in [0.2, 0.25) is 5.82 Å². The maximum Gasteiger partial charge on any atom is 0.203 e. The van der Waals surface area contributed by atoms with Gasteiger partial charge >= 0.3 is 0 Å². The third kappa shape index (κ3) is 1.41. The summed E-state index contributed by atoms with van der Waals surface area (Å²) in [4.78, 5) is 0. The van der Waals surface area contributed by atoms with E-state index in [-0.39, 0.29) is 0 Å². The fourth-order valence-corrected chi connectivity index (χ4v) is 1.86. The number of rotatable bonds is 1. The fourth-order valence-electron chi connectivity index (χ4n) is 1.64. The lowest BCUT2D eigenvalue weighted by Gasteiger charge is -2.03. The average molecular weight is 249 g/mol. The predicted octanol–water partition coefficient (Wildman–Crippen LogP) is 1.78. The van der Waals surface area contributed by atoms with Gasteiger partial charge in [-0.2, -0.15) is 14.7 Å². The summed E-state index contributed by atoms with van der Waals surface area (Å²) < 4.78 is 1.62. The van der Waals surface area contributed by atoms with Gasteiger partial charge in [-0.3, -0.25) is 5.10 Å². The first-order chi connectivity index (χ1) is 8.18. The number of aromatic nitrogens is 6. The minimum absolute atomic E-state index is 0.454. The molecule has 1 N–H and O–H groups in total. The smallest absolute Gasteiger partial charge is 0.203 e. The van der Waals surface area contributed by atoms with Gasteiger partial charge in [0.25, 0.3) is 0 Å². The fraction of sp³-hybridized carbons (Fsp3) is 0.200. The molecular formula is C10H9ClN6. The Hall–Kier alpha value is -1.95. The molecule has 0 saturated carbocycles. The Labute approximate surface area is 102 Å². The number of aryl methyl sites for hydroxylation is 1. The van der Waals surface area contributed by atoms with Crippen LogP contribution in [0.2, 0.25) is 5.15 Å². The van der Waals surface area contributed by atoms with Crippen LogP contribution in [0.25, 0.3) is 17.2 Å². The zero-order chi connectivity index (χ0) is 12.0. The molecule has 0 amide bonds. The highest BCUT2D eigenvalue weighted by Crippen LogP contribution is 2.22. The molecule has 3 heterocycles. The summed E-state index contributed by atoms with van der Waals surface area (Å²) in [6.07, 6.45) is 1.65. The van der Waals surface area contributed by atoms with Gasteiger partial charge in [-0.05, 0) is 25.5 Å². The molecule has 0 saturated heterocycles. The van der Waals surface area contributed by atoms with Crippen LogP contribution in [0.5, 0.6) is 0 Å². The second kappa shape index (κ2) is 3.53. The van der Waals surface area contributed by atoms with Crippen LogP contribution in [-0.2, 0) is 0 Å². The van der Waals surface area contributed by atoms with E-state index in [2.05, 4.69) is 25.5 Å². The molecule has 7 heteroatoms. The molecule has 3 aromatic rings. The first-order valence-electron chi connectivity index (χ1n) is 5.06. The summed E-state index contributed by atoms with van der Waals surface area (Å²) in [5.41, 5.74) is 3.35. The van der Waals surface area contributed by atoms with Gasteiger partial charge in [-0.15, -0.1) is 10.2 Å². The van der Waals surface area contributed by atoms with Crippen molar-refractivity contribution in [2.24, 2.45) is 0 Å². The van der Waals surface area contributed by atoms with Crippen molar-refractivity contribution in [3.05, 3.63) is 28.5 Å². The zero-order valence-corrected chi connectivity index (χ0v) is 10.0. The quantitative estimate of drug-likeness (QED) is 0.713. The van der Waals surface area contributed by atoms with E-state index in [1.54, 1.807) is 16.8 Å². The number of halogens is 1. The molecule has 0 aliphatic rings. The van der Waals surface area contributed by atoms with Gasteiger partial charge in [0, 0.05) is 11.8 Å². The summed E-state index contributed by atoms with van der Waals surface area (Å²) in [7, 11) is 0. The molecular weight excluding hydrogens is 240 g/mol. The maximum absolute atomic E-state index is 6.07. The molecule has 0 bridgehead atoms. The second-order valence-corrected chi connectivity index (χ2v) is 4.13. The van der Waals surface area contributed by atoms with Crippen molar-refractivity contribution in [1.29, 1.82) is 0 Å². The highest BCUT2D eigenvalue weighted by atomic mass is 35.5. The van der Waals surface area contributed by atoms with Crippen LogP contribution in [0.3, 0.4) is 0 Å². The van der Waals surface area contributed by atoms with E-state index in [4.69, 9.17) is 11.6 Å². The summed E-state index contributed by atoms with van der Waals surface area (Å²) in [5, 5.41) is 19.6. The number of hydrogen-bond acceptors (Lipinski definition) is 4. The van der Waals surface area contributed by atoms with Crippen LogP contribution in [0, 0.1) is 13.8 Å². The average Bonchev–Trinajstić information content (AvgIpc) is 2.93. The van der Waals surface area contributed by atoms with Crippen molar-refractivity contribution >= 4 is 17.2 Å². The van der Waals surface area contributed by atoms with Crippen molar-refractivity contribution in [2.45, 2.75) is 13.8 Å². The Bertz CT molecular complexity index is 684. The van der Waals surface area contributed by atoms with Crippen molar-refractivity contribution in [1.82, 2.24) is 30.0 Å². The highest BCUT2D eigenvalue weighted by molar-refractivity contribution is 6.30. The Morgan fingerprint density at radius 1 is 1.24 bits per heavy atom. The van der Waals surface area contributed by atoms with Crippen LogP contribution in [0.1, 0.15) is 11.1 Å². The van der Waals surface area contributed by atoms with E-state index in [1.807, 2.05) is 13.8 Å². The van der Waals surface area contributed by atoms with Crippen LogP contribution >= 0.6 is 11.6 Å². The number of nitrogens with one attached hydrogen (secondary N) is 1. The van der Waals surface area contributed by atoms with Gasteiger partial charge in [-0.1, -0.05) is 11.6 Å².